The smallest absolute Gasteiger partial charge is 0.229 e. The molecule has 0 saturated heterocycles. The summed E-state index contributed by atoms with van der Waals surface area (Å²) < 4.78 is 0. The number of halogens is 1. The summed E-state index contributed by atoms with van der Waals surface area (Å²) in [5.74, 6) is 0.426. The SMILES string of the molecule is CC1CCCCC1NC(=O)C(CN)c1ccccc1.Cl. The summed E-state index contributed by atoms with van der Waals surface area (Å²) in [4.78, 5) is 12.4. The number of hydrogen-bond donors (Lipinski definition) is 2. The lowest BCUT2D eigenvalue weighted by molar-refractivity contribution is -0.123. The molecule has 3 N–H and O–H groups in total. The van der Waals surface area contributed by atoms with Crippen LogP contribution in [0.25, 0.3) is 0 Å². The fourth-order valence-electron chi connectivity index (χ4n) is 2.89. The summed E-state index contributed by atoms with van der Waals surface area (Å²) in [5.41, 5.74) is 6.79. The van der Waals surface area contributed by atoms with Crippen molar-refractivity contribution in [1.82, 2.24) is 5.32 Å². The highest BCUT2D eigenvalue weighted by molar-refractivity contribution is 5.85. The van der Waals surface area contributed by atoms with Crippen molar-refractivity contribution in [2.75, 3.05) is 6.54 Å². The second-order valence-electron chi connectivity index (χ2n) is 5.58. The third-order valence-corrected chi connectivity index (χ3v) is 4.19. The van der Waals surface area contributed by atoms with E-state index in [1.807, 2.05) is 30.3 Å². The molecule has 1 aromatic rings. The van der Waals surface area contributed by atoms with E-state index in [1.165, 1.54) is 19.3 Å². The molecule has 3 atom stereocenters. The first-order valence-corrected chi connectivity index (χ1v) is 7.27. The van der Waals surface area contributed by atoms with Gasteiger partial charge in [-0.2, -0.15) is 0 Å². The zero-order valence-corrected chi connectivity index (χ0v) is 12.9. The van der Waals surface area contributed by atoms with Crippen molar-refractivity contribution in [3.63, 3.8) is 0 Å². The molecule has 4 heteroatoms. The minimum absolute atomic E-state index is 0. The molecule has 0 aliphatic heterocycles. The Hall–Kier alpha value is -1.06. The van der Waals surface area contributed by atoms with Gasteiger partial charge in [0.1, 0.15) is 0 Å². The normalized spacial score (nSPS) is 23.5. The largest absolute Gasteiger partial charge is 0.353 e. The van der Waals surface area contributed by atoms with Crippen LogP contribution in [0, 0.1) is 5.92 Å². The van der Waals surface area contributed by atoms with Crippen LogP contribution in [-0.2, 0) is 4.79 Å². The maximum Gasteiger partial charge on any atom is 0.229 e. The lowest BCUT2D eigenvalue weighted by Gasteiger charge is -2.30. The minimum Gasteiger partial charge on any atom is -0.353 e. The van der Waals surface area contributed by atoms with E-state index in [9.17, 15) is 4.79 Å². The Labute approximate surface area is 127 Å². The lowest BCUT2D eigenvalue weighted by Crippen LogP contribution is -2.44. The van der Waals surface area contributed by atoms with Gasteiger partial charge in [-0.3, -0.25) is 4.79 Å². The fourth-order valence-corrected chi connectivity index (χ4v) is 2.89. The molecule has 3 unspecified atom stereocenters. The Kier molecular flexibility index (Phi) is 7.03. The van der Waals surface area contributed by atoms with E-state index in [2.05, 4.69) is 12.2 Å². The summed E-state index contributed by atoms with van der Waals surface area (Å²) in [6.07, 6.45) is 4.81. The summed E-state index contributed by atoms with van der Waals surface area (Å²) in [6.45, 7) is 2.58. The van der Waals surface area contributed by atoms with Crippen molar-refractivity contribution in [2.45, 2.75) is 44.6 Å². The van der Waals surface area contributed by atoms with E-state index in [0.717, 1.165) is 12.0 Å². The molecule has 0 bridgehead atoms. The van der Waals surface area contributed by atoms with Gasteiger partial charge in [0.25, 0.3) is 0 Å². The van der Waals surface area contributed by atoms with Gasteiger partial charge in [-0.25, -0.2) is 0 Å². The summed E-state index contributed by atoms with van der Waals surface area (Å²) in [6, 6.07) is 10.1. The molecular weight excluding hydrogens is 272 g/mol. The zero-order valence-electron chi connectivity index (χ0n) is 12.0. The predicted octanol–water partition coefficient (Wildman–Crippen LogP) is 2.85. The van der Waals surface area contributed by atoms with Crippen LogP contribution in [0.4, 0.5) is 0 Å². The number of amides is 1. The number of benzene rings is 1. The Morgan fingerprint density at radius 2 is 1.95 bits per heavy atom. The maximum atomic E-state index is 12.4. The van der Waals surface area contributed by atoms with E-state index >= 15 is 0 Å². The van der Waals surface area contributed by atoms with Gasteiger partial charge >= 0.3 is 0 Å². The van der Waals surface area contributed by atoms with Crippen LogP contribution >= 0.6 is 12.4 Å². The summed E-state index contributed by atoms with van der Waals surface area (Å²) in [7, 11) is 0. The van der Waals surface area contributed by atoms with E-state index in [0.29, 0.717) is 18.5 Å². The van der Waals surface area contributed by atoms with Crippen molar-refractivity contribution < 1.29 is 4.79 Å². The second-order valence-corrected chi connectivity index (χ2v) is 5.58. The number of nitrogens with one attached hydrogen (secondary N) is 1. The molecule has 0 spiro atoms. The topological polar surface area (TPSA) is 55.1 Å². The molecule has 20 heavy (non-hydrogen) atoms. The van der Waals surface area contributed by atoms with Gasteiger partial charge in [0.15, 0.2) is 0 Å². The molecular formula is C16H25ClN2O. The number of carbonyl (C=O) groups is 1. The van der Waals surface area contributed by atoms with Crippen LogP contribution in [0.5, 0.6) is 0 Å². The molecule has 1 fully saturated rings. The lowest BCUT2D eigenvalue weighted by atomic mass is 9.85. The molecule has 1 aliphatic carbocycles. The van der Waals surface area contributed by atoms with E-state index in [-0.39, 0.29) is 24.2 Å². The van der Waals surface area contributed by atoms with Gasteiger partial charge in [0.05, 0.1) is 5.92 Å². The van der Waals surface area contributed by atoms with Gasteiger partial charge in [-0.1, -0.05) is 50.1 Å². The third kappa shape index (κ3) is 4.22. The van der Waals surface area contributed by atoms with Crippen LogP contribution in [0.3, 0.4) is 0 Å². The highest BCUT2D eigenvalue weighted by atomic mass is 35.5. The van der Waals surface area contributed by atoms with E-state index in [4.69, 9.17) is 5.73 Å². The first-order valence-electron chi connectivity index (χ1n) is 7.27. The van der Waals surface area contributed by atoms with Crippen LogP contribution in [0.2, 0.25) is 0 Å². The maximum absolute atomic E-state index is 12.4. The van der Waals surface area contributed by atoms with Gasteiger partial charge < -0.3 is 11.1 Å². The van der Waals surface area contributed by atoms with E-state index in [1.54, 1.807) is 0 Å². The molecule has 3 nitrogen and oxygen atoms in total. The second kappa shape index (κ2) is 8.28. The van der Waals surface area contributed by atoms with Crippen LogP contribution in [-0.4, -0.2) is 18.5 Å². The Morgan fingerprint density at radius 3 is 2.55 bits per heavy atom. The predicted molar refractivity (Wildman–Crippen MR) is 85.0 cm³/mol. The Morgan fingerprint density at radius 1 is 1.30 bits per heavy atom. The molecule has 0 heterocycles. The summed E-state index contributed by atoms with van der Waals surface area (Å²) in [5, 5.41) is 3.20. The van der Waals surface area contributed by atoms with Crippen molar-refractivity contribution in [3.8, 4) is 0 Å². The molecule has 1 aliphatic rings. The zero-order chi connectivity index (χ0) is 13.7. The first-order chi connectivity index (χ1) is 9.22. The monoisotopic (exact) mass is 296 g/mol. The van der Waals surface area contributed by atoms with Crippen molar-refractivity contribution >= 4 is 18.3 Å². The first kappa shape index (κ1) is 17.0. The standard InChI is InChI=1S/C16H24N2O.ClH/c1-12-7-5-6-10-15(12)18-16(19)14(11-17)13-8-3-2-4-9-13;/h2-4,8-9,12,14-15H,5-7,10-11,17H2,1H3,(H,18,19);1H. The molecule has 112 valence electrons. The minimum atomic E-state index is -0.227. The fraction of sp³-hybridized carbons (Fsp3) is 0.562. The number of hydrogen-bond acceptors (Lipinski definition) is 2. The summed E-state index contributed by atoms with van der Waals surface area (Å²) >= 11 is 0. The average molecular weight is 297 g/mol. The molecule has 1 aromatic carbocycles. The van der Waals surface area contributed by atoms with Gasteiger partial charge in [-0.05, 0) is 24.3 Å². The third-order valence-electron chi connectivity index (χ3n) is 4.19. The van der Waals surface area contributed by atoms with Gasteiger partial charge in [0.2, 0.25) is 5.91 Å². The molecule has 2 rings (SSSR count). The molecule has 0 aromatic heterocycles. The highest BCUT2D eigenvalue weighted by Crippen LogP contribution is 2.24. The van der Waals surface area contributed by atoms with Crippen LogP contribution < -0.4 is 11.1 Å². The van der Waals surface area contributed by atoms with Crippen molar-refractivity contribution in [3.05, 3.63) is 35.9 Å². The molecule has 0 radical (unpaired) electrons. The van der Waals surface area contributed by atoms with Gasteiger partial charge in [0, 0.05) is 12.6 Å². The van der Waals surface area contributed by atoms with Crippen molar-refractivity contribution in [1.29, 1.82) is 0 Å². The molecule has 1 amide bonds. The molecule has 1 saturated carbocycles. The Bertz CT molecular complexity index is 410. The van der Waals surface area contributed by atoms with Gasteiger partial charge in [-0.15, -0.1) is 12.4 Å². The highest BCUT2D eigenvalue weighted by Gasteiger charge is 2.26. The quantitative estimate of drug-likeness (QED) is 0.897. The van der Waals surface area contributed by atoms with Crippen LogP contribution in [0.1, 0.15) is 44.1 Å². The van der Waals surface area contributed by atoms with Crippen LogP contribution in [0.15, 0.2) is 30.3 Å². The van der Waals surface area contributed by atoms with Crippen molar-refractivity contribution in [2.24, 2.45) is 11.7 Å². The average Bonchev–Trinajstić information content (AvgIpc) is 2.43. The number of carbonyl (C=O) groups excluding carboxylic acids is 1. The Balaban J connectivity index is 0.00000200. The van der Waals surface area contributed by atoms with E-state index < -0.39 is 0 Å². The number of nitrogens with two attached hydrogens (primary N) is 1. The number of rotatable bonds is 4.